The number of carbonyl (C=O) groups excluding carboxylic acids is 1. The number of H-pyrrole nitrogens is 1. The number of carbonyl (C=O) groups is 1. The molecule has 2 aromatic heterocycles. The molecule has 0 unspecified atom stereocenters. The molecule has 0 spiro atoms. The first kappa shape index (κ1) is 16.2. The van der Waals surface area contributed by atoms with Gasteiger partial charge in [0.05, 0.1) is 0 Å². The topological polar surface area (TPSA) is 114 Å². The monoisotopic (exact) mass is 333 g/mol. The SMILES string of the molecule is CC(C)c1noc([C@@H]2CCCN2C(=O)c2cn(C)c(=O)[nH]c2=O)n1. The third-order valence-electron chi connectivity index (χ3n) is 4.11. The minimum atomic E-state index is -0.692. The fraction of sp³-hybridized carbons (Fsp3) is 0.533. The molecule has 3 rings (SSSR count). The van der Waals surface area contributed by atoms with Gasteiger partial charge in [-0.3, -0.25) is 14.6 Å². The summed E-state index contributed by atoms with van der Waals surface area (Å²) >= 11 is 0. The second-order valence-corrected chi connectivity index (χ2v) is 6.22. The maximum Gasteiger partial charge on any atom is 0.328 e. The summed E-state index contributed by atoms with van der Waals surface area (Å²) < 4.78 is 6.47. The van der Waals surface area contributed by atoms with Crippen molar-refractivity contribution >= 4 is 5.91 Å². The van der Waals surface area contributed by atoms with Crippen LogP contribution < -0.4 is 11.2 Å². The number of hydrogen-bond donors (Lipinski definition) is 1. The minimum absolute atomic E-state index is 0.0763. The largest absolute Gasteiger partial charge is 0.337 e. The molecule has 3 heterocycles. The van der Waals surface area contributed by atoms with Crippen LogP contribution in [-0.4, -0.2) is 37.0 Å². The summed E-state index contributed by atoms with van der Waals surface area (Å²) in [7, 11) is 1.48. The van der Waals surface area contributed by atoms with E-state index in [0.29, 0.717) is 24.7 Å². The molecule has 0 radical (unpaired) electrons. The molecule has 1 fully saturated rings. The lowest BCUT2D eigenvalue weighted by atomic mass is 10.2. The van der Waals surface area contributed by atoms with Crippen LogP contribution in [0.1, 0.15) is 60.7 Å². The summed E-state index contributed by atoms with van der Waals surface area (Å²) in [4.78, 5) is 44.2. The smallest absolute Gasteiger partial charge is 0.328 e. The number of amides is 1. The molecule has 128 valence electrons. The second-order valence-electron chi connectivity index (χ2n) is 6.22. The van der Waals surface area contributed by atoms with Gasteiger partial charge < -0.3 is 14.0 Å². The predicted octanol–water partition coefficient (Wildman–Crippen LogP) is 0.557. The Morgan fingerprint density at radius 3 is 2.83 bits per heavy atom. The summed E-state index contributed by atoms with van der Waals surface area (Å²) in [5, 5.41) is 3.93. The van der Waals surface area contributed by atoms with Gasteiger partial charge in [0.25, 0.3) is 11.5 Å². The highest BCUT2D eigenvalue weighted by Crippen LogP contribution is 2.32. The normalized spacial score (nSPS) is 17.7. The molecular weight excluding hydrogens is 314 g/mol. The van der Waals surface area contributed by atoms with Crippen molar-refractivity contribution in [2.24, 2.45) is 7.05 Å². The summed E-state index contributed by atoms with van der Waals surface area (Å²) in [6.45, 7) is 4.40. The lowest BCUT2D eigenvalue weighted by molar-refractivity contribution is 0.0707. The van der Waals surface area contributed by atoms with Crippen molar-refractivity contribution in [1.29, 1.82) is 0 Å². The van der Waals surface area contributed by atoms with Crippen molar-refractivity contribution < 1.29 is 9.32 Å². The Hall–Kier alpha value is -2.71. The van der Waals surface area contributed by atoms with E-state index in [1.165, 1.54) is 17.8 Å². The Balaban J connectivity index is 1.92. The van der Waals surface area contributed by atoms with E-state index in [0.717, 1.165) is 6.42 Å². The minimum Gasteiger partial charge on any atom is -0.337 e. The van der Waals surface area contributed by atoms with Gasteiger partial charge in [0, 0.05) is 25.7 Å². The van der Waals surface area contributed by atoms with Crippen molar-refractivity contribution in [1.82, 2.24) is 24.6 Å². The van der Waals surface area contributed by atoms with E-state index in [1.54, 1.807) is 4.90 Å². The van der Waals surface area contributed by atoms with Crippen molar-refractivity contribution in [3.63, 3.8) is 0 Å². The van der Waals surface area contributed by atoms with Crippen LogP contribution in [0.5, 0.6) is 0 Å². The number of aromatic amines is 1. The third kappa shape index (κ3) is 2.77. The molecular formula is C15H19N5O4. The zero-order valence-electron chi connectivity index (χ0n) is 13.8. The summed E-state index contributed by atoms with van der Waals surface area (Å²) in [6.07, 6.45) is 2.72. The van der Waals surface area contributed by atoms with Crippen LogP contribution in [0.15, 0.2) is 20.3 Å². The molecule has 1 amide bonds. The second kappa shape index (κ2) is 6.06. The standard InChI is InChI=1S/C15H19N5O4/c1-8(2)11-16-13(24-18-11)10-5-4-6-20(10)14(22)9-7-19(3)15(23)17-12(9)21/h7-8,10H,4-6H2,1-3H3,(H,17,21,23)/t10-/m0/s1. The summed E-state index contributed by atoms with van der Waals surface area (Å²) in [5.74, 6) is 0.647. The molecule has 1 aliphatic heterocycles. The van der Waals surface area contributed by atoms with Crippen LogP contribution in [0.3, 0.4) is 0 Å². The van der Waals surface area contributed by atoms with Gasteiger partial charge in [0.15, 0.2) is 5.82 Å². The molecule has 24 heavy (non-hydrogen) atoms. The Kier molecular flexibility index (Phi) is 4.08. The van der Waals surface area contributed by atoms with Gasteiger partial charge in [-0.25, -0.2) is 4.79 Å². The number of hydrogen-bond acceptors (Lipinski definition) is 6. The number of aromatic nitrogens is 4. The molecule has 2 aromatic rings. The lowest BCUT2D eigenvalue weighted by Gasteiger charge is -2.21. The fourth-order valence-corrected chi connectivity index (χ4v) is 2.75. The Morgan fingerprint density at radius 2 is 2.17 bits per heavy atom. The van der Waals surface area contributed by atoms with Crippen LogP contribution in [0, 0.1) is 0 Å². The molecule has 1 aliphatic rings. The van der Waals surface area contributed by atoms with Gasteiger partial charge in [-0.15, -0.1) is 0 Å². The Bertz CT molecular complexity index is 878. The molecule has 1 atom stereocenters. The summed E-state index contributed by atoms with van der Waals surface area (Å²) in [5.41, 5.74) is -1.33. The van der Waals surface area contributed by atoms with E-state index >= 15 is 0 Å². The van der Waals surface area contributed by atoms with E-state index in [4.69, 9.17) is 4.52 Å². The van der Waals surface area contributed by atoms with Crippen LogP contribution in [0.2, 0.25) is 0 Å². The third-order valence-corrected chi connectivity index (χ3v) is 4.11. The number of aryl methyl sites for hydroxylation is 1. The van der Waals surface area contributed by atoms with Gasteiger partial charge in [0.1, 0.15) is 11.6 Å². The number of nitrogens with zero attached hydrogens (tertiary/aromatic N) is 4. The van der Waals surface area contributed by atoms with E-state index in [1.807, 2.05) is 13.8 Å². The maximum absolute atomic E-state index is 12.8. The molecule has 0 aromatic carbocycles. The Labute approximate surface area is 137 Å². The average Bonchev–Trinajstić information content (AvgIpc) is 3.18. The van der Waals surface area contributed by atoms with Crippen LogP contribution in [0.4, 0.5) is 0 Å². The molecule has 0 bridgehead atoms. The zero-order valence-corrected chi connectivity index (χ0v) is 13.8. The van der Waals surface area contributed by atoms with Gasteiger partial charge in [-0.2, -0.15) is 4.98 Å². The summed E-state index contributed by atoms with van der Waals surface area (Å²) in [6, 6.07) is -0.353. The highest BCUT2D eigenvalue weighted by atomic mass is 16.5. The van der Waals surface area contributed by atoms with Crippen molar-refractivity contribution in [3.05, 3.63) is 44.3 Å². The molecule has 9 nitrogen and oxygen atoms in total. The predicted molar refractivity (Wildman–Crippen MR) is 83.7 cm³/mol. The van der Waals surface area contributed by atoms with E-state index in [9.17, 15) is 14.4 Å². The maximum atomic E-state index is 12.8. The average molecular weight is 333 g/mol. The van der Waals surface area contributed by atoms with Crippen LogP contribution in [-0.2, 0) is 7.05 Å². The molecule has 1 N–H and O–H groups in total. The molecule has 0 aliphatic carbocycles. The highest BCUT2D eigenvalue weighted by Gasteiger charge is 2.35. The van der Waals surface area contributed by atoms with Gasteiger partial charge in [-0.05, 0) is 12.8 Å². The van der Waals surface area contributed by atoms with Crippen molar-refractivity contribution in [3.8, 4) is 0 Å². The van der Waals surface area contributed by atoms with Crippen molar-refractivity contribution in [2.45, 2.75) is 38.6 Å². The first-order valence-corrected chi connectivity index (χ1v) is 7.83. The van der Waals surface area contributed by atoms with Gasteiger partial charge in [-0.1, -0.05) is 19.0 Å². The highest BCUT2D eigenvalue weighted by molar-refractivity contribution is 5.94. The molecule has 0 saturated carbocycles. The first-order chi connectivity index (χ1) is 11.4. The number of likely N-dealkylation sites (tertiary alicyclic amines) is 1. The quantitative estimate of drug-likeness (QED) is 0.877. The van der Waals surface area contributed by atoms with E-state index in [-0.39, 0.29) is 17.5 Å². The van der Waals surface area contributed by atoms with E-state index in [2.05, 4.69) is 15.1 Å². The molecule has 1 saturated heterocycles. The Morgan fingerprint density at radius 1 is 1.42 bits per heavy atom. The van der Waals surface area contributed by atoms with Crippen molar-refractivity contribution in [2.75, 3.05) is 6.54 Å². The number of nitrogens with one attached hydrogen (secondary N) is 1. The first-order valence-electron chi connectivity index (χ1n) is 7.83. The van der Waals surface area contributed by atoms with Crippen LogP contribution >= 0.6 is 0 Å². The molecule has 9 heteroatoms. The fourth-order valence-electron chi connectivity index (χ4n) is 2.75. The number of rotatable bonds is 3. The van der Waals surface area contributed by atoms with Gasteiger partial charge in [0.2, 0.25) is 5.89 Å². The van der Waals surface area contributed by atoms with E-state index < -0.39 is 17.2 Å². The lowest BCUT2D eigenvalue weighted by Crippen LogP contribution is -2.38. The zero-order chi connectivity index (χ0) is 17.4. The van der Waals surface area contributed by atoms with Gasteiger partial charge >= 0.3 is 5.69 Å². The van der Waals surface area contributed by atoms with Crippen LogP contribution in [0.25, 0.3) is 0 Å².